The Hall–Kier alpha value is -1.52. The molecule has 1 aromatic rings. The van der Waals surface area contributed by atoms with Crippen LogP contribution in [0.5, 0.6) is 0 Å². The van der Waals surface area contributed by atoms with Crippen molar-refractivity contribution in [3.8, 4) is 0 Å². The van der Waals surface area contributed by atoms with E-state index >= 15 is 0 Å². The number of nitrogens with one attached hydrogen (secondary N) is 1. The molecule has 0 bridgehead atoms. The van der Waals surface area contributed by atoms with Gasteiger partial charge >= 0.3 is 6.03 Å². The molecule has 1 fully saturated rings. The topological polar surface area (TPSA) is 50.2 Å². The third-order valence-corrected chi connectivity index (χ3v) is 3.45. The largest absolute Gasteiger partial charge is 0.335 e. The number of aromatic nitrogens is 2. The van der Waals surface area contributed by atoms with Crippen molar-refractivity contribution in [3.63, 3.8) is 0 Å². The van der Waals surface area contributed by atoms with Gasteiger partial charge in [0.1, 0.15) is 0 Å². The fraction of sp³-hybridized carbons (Fsp3) is 0.692. The van der Waals surface area contributed by atoms with Crippen LogP contribution in [0.2, 0.25) is 0 Å². The van der Waals surface area contributed by atoms with Gasteiger partial charge in [-0.2, -0.15) is 5.10 Å². The standard InChI is InChI=1S/C13H22N4O/c1-16(10-12-8-9-17(2)15-12)13(18)14-11-6-4-3-5-7-11/h8-9,11H,3-7,10H2,1-2H3,(H,14,18). The summed E-state index contributed by atoms with van der Waals surface area (Å²) in [7, 11) is 3.69. The molecule has 1 aliphatic rings. The highest BCUT2D eigenvalue weighted by atomic mass is 16.2. The number of hydrogen-bond donors (Lipinski definition) is 1. The zero-order valence-electron chi connectivity index (χ0n) is 11.2. The van der Waals surface area contributed by atoms with Crippen molar-refractivity contribution in [1.29, 1.82) is 0 Å². The highest BCUT2D eigenvalue weighted by Gasteiger charge is 2.18. The predicted octanol–water partition coefficient (Wildman–Crippen LogP) is 1.89. The molecule has 100 valence electrons. The first kappa shape index (κ1) is 12.9. The van der Waals surface area contributed by atoms with E-state index in [9.17, 15) is 4.79 Å². The Morgan fingerprint density at radius 2 is 2.22 bits per heavy atom. The summed E-state index contributed by atoms with van der Waals surface area (Å²) >= 11 is 0. The molecule has 5 heteroatoms. The SMILES string of the molecule is CN(Cc1ccn(C)n1)C(=O)NC1CCCCC1. The molecule has 18 heavy (non-hydrogen) atoms. The minimum atomic E-state index is 0.00699. The average molecular weight is 250 g/mol. The molecule has 1 saturated carbocycles. The zero-order valence-corrected chi connectivity index (χ0v) is 11.2. The van der Waals surface area contributed by atoms with Gasteiger partial charge in [0, 0.05) is 26.3 Å². The van der Waals surface area contributed by atoms with Crippen LogP contribution in [0.4, 0.5) is 4.79 Å². The monoisotopic (exact) mass is 250 g/mol. The molecule has 1 aromatic heterocycles. The first-order valence-electron chi connectivity index (χ1n) is 6.65. The number of aryl methyl sites for hydroxylation is 1. The van der Waals surface area contributed by atoms with Gasteiger partial charge < -0.3 is 10.2 Å². The van der Waals surface area contributed by atoms with E-state index in [2.05, 4.69) is 10.4 Å². The van der Waals surface area contributed by atoms with Gasteiger partial charge in [0.25, 0.3) is 0 Å². The summed E-state index contributed by atoms with van der Waals surface area (Å²) in [5.74, 6) is 0. The number of urea groups is 1. The first-order chi connectivity index (χ1) is 8.65. The fourth-order valence-corrected chi connectivity index (χ4v) is 2.39. The molecule has 0 radical (unpaired) electrons. The number of carbonyl (C=O) groups excluding carboxylic acids is 1. The molecule has 5 nitrogen and oxygen atoms in total. The average Bonchev–Trinajstić information content (AvgIpc) is 2.76. The molecule has 2 amide bonds. The van der Waals surface area contributed by atoms with Gasteiger partial charge in [0.05, 0.1) is 12.2 Å². The molecule has 0 spiro atoms. The van der Waals surface area contributed by atoms with Crippen LogP contribution in [0.15, 0.2) is 12.3 Å². The Morgan fingerprint density at radius 3 is 2.83 bits per heavy atom. The van der Waals surface area contributed by atoms with E-state index in [-0.39, 0.29) is 6.03 Å². The number of rotatable bonds is 3. The van der Waals surface area contributed by atoms with E-state index in [0.29, 0.717) is 12.6 Å². The Bertz CT molecular complexity index is 395. The second-order valence-corrected chi connectivity index (χ2v) is 5.12. The van der Waals surface area contributed by atoms with E-state index in [4.69, 9.17) is 0 Å². The first-order valence-corrected chi connectivity index (χ1v) is 6.65. The molecule has 1 heterocycles. The van der Waals surface area contributed by atoms with Gasteiger partial charge in [-0.3, -0.25) is 4.68 Å². The number of hydrogen-bond acceptors (Lipinski definition) is 2. The Morgan fingerprint density at radius 1 is 1.50 bits per heavy atom. The van der Waals surface area contributed by atoms with Crippen LogP contribution < -0.4 is 5.32 Å². The maximum Gasteiger partial charge on any atom is 0.317 e. The lowest BCUT2D eigenvalue weighted by Crippen LogP contribution is -2.43. The normalized spacial score (nSPS) is 16.6. The third-order valence-electron chi connectivity index (χ3n) is 3.45. The molecular formula is C13H22N4O. The Labute approximate surface area is 108 Å². The van der Waals surface area contributed by atoms with Crippen molar-refractivity contribution in [2.75, 3.05) is 7.05 Å². The Balaban J connectivity index is 1.80. The molecular weight excluding hydrogens is 228 g/mol. The quantitative estimate of drug-likeness (QED) is 0.890. The van der Waals surface area contributed by atoms with Gasteiger partial charge in [0.15, 0.2) is 0 Å². The molecule has 0 atom stereocenters. The maximum atomic E-state index is 12.0. The summed E-state index contributed by atoms with van der Waals surface area (Å²) in [5.41, 5.74) is 0.916. The maximum absolute atomic E-state index is 12.0. The van der Waals surface area contributed by atoms with E-state index < -0.39 is 0 Å². The molecule has 0 aliphatic heterocycles. The second kappa shape index (κ2) is 5.89. The molecule has 0 saturated heterocycles. The van der Waals surface area contributed by atoms with Crippen molar-refractivity contribution in [2.45, 2.75) is 44.7 Å². The highest BCUT2D eigenvalue weighted by Crippen LogP contribution is 2.17. The molecule has 1 aliphatic carbocycles. The summed E-state index contributed by atoms with van der Waals surface area (Å²) in [6.07, 6.45) is 7.88. The number of carbonyl (C=O) groups is 1. The van der Waals surface area contributed by atoms with Crippen LogP contribution >= 0.6 is 0 Å². The van der Waals surface area contributed by atoms with Crippen molar-refractivity contribution >= 4 is 6.03 Å². The smallest absolute Gasteiger partial charge is 0.317 e. The number of nitrogens with zero attached hydrogens (tertiary/aromatic N) is 3. The van der Waals surface area contributed by atoms with Crippen molar-refractivity contribution < 1.29 is 4.79 Å². The molecule has 2 rings (SSSR count). The van der Waals surface area contributed by atoms with E-state index in [1.54, 1.807) is 9.58 Å². The van der Waals surface area contributed by atoms with Crippen LogP contribution in [0, 0.1) is 0 Å². The summed E-state index contributed by atoms with van der Waals surface area (Å²) in [6, 6.07) is 2.30. The predicted molar refractivity (Wildman–Crippen MR) is 70.1 cm³/mol. The van der Waals surface area contributed by atoms with Crippen molar-refractivity contribution in [1.82, 2.24) is 20.0 Å². The van der Waals surface area contributed by atoms with E-state index in [0.717, 1.165) is 18.5 Å². The van der Waals surface area contributed by atoms with Gasteiger partial charge in [0.2, 0.25) is 0 Å². The molecule has 0 unspecified atom stereocenters. The summed E-state index contributed by atoms with van der Waals surface area (Å²) in [5, 5.41) is 7.37. The molecule has 1 N–H and O–H groups in total. The van der Waals surface area contributed by atoms with Crippen LogP contribution in [0.1, 0.15) is 37.8 Å². The minimum Gasteiger partial charge on any atom is -0.335 e. The van der Waals surface area contributed by atoms with Crippen LogP contribution in [0.3, 0.4) is 0 Å². The van der Waals surface area contributed by atoms with Gasteiger partial charge in [-0.15, -0.1) is 0 Å². The van der Waals surface area contributed by atoms with Crippen molar-refractivity contribution in [2.24, 2.45) is 7.05 Å². The molecule has 0 aromatic carbocycles. The fourth-order valence-electron chi connectivity index (χ4n) is 2.39. The third kappa shape index (κ3) is 3.48. The highest BCUT2D eigenvalue weighted by molar-refractivity contribution is 5.74. The summed E-state index contributed by atoms with van der Waals surface area (Å²) in [4.78, 5) is 13.7. The van der Waals surface area contributed by atoms with Gasteiger partial charge in [-0.25, -0.2) is 4.79 Å². The van der Waals surface area contributed by atoms with Gasteiger partial charge in [-0.1, -0.05) is 19.3 Å². The van der Waals surface area contributed by atoms with Crippen molar-refractivity contribution in [3.05, 3.63) is 18.0 Å². The van der Waals surface area contributed by atoms with E-state index in [1.807, 2.05) is 26.4 Å². The van der Waals surface area contributed by atoms with E-state index in [1.165, 1.54) is 19.3 Å². The lowest BCUT2D eigenvalue weighted by Gasteiger charge is -2.25. The van der Waals surface area contributed by atoms with Gasteiger partial charge in [-0.05, 0) is 18.9 Å². The van der Waals surface area contributed by atoms with Crippen LogP contribution in [0.25, 0.3) is 0 Å². The lowest BCUT2D eigenvalue weighted by molar-refractivity contribution is 0.198. The summed E-state index contributed by atoms with van der Waals surface area (Å²) < 4.78 is 1.75. The second-order valence-electron chi connectivity index (χ2n) is 5.12. The van der Waals surface area contributed by atoms with Crippen LogP contribution in [-0.4, -0.2) is 33.8 Å². The van der Waals surface area contributed by atoms with Crippen LogP contribution in [-0.2, 0) is 13.6 Å². The summed E-state index contributed by atoms with van der Waals surface area (Å²) in [6.45, 7) is 0.555. The number of amides is 2. The minimum absolute atomic E-state index is 0.00699. The Kier molecular flexibility index (Phi) is 4.23. The lowest BCUT2D eigenvalue weighted by atomic mass is 9.96. The zero-order chi connectivity index (χ0) is 13.0.